The first-order valence-electron chi connectivity index (χ1n) is 19.2. The second-order valence-corrected chi connectivity index (χ2v) is 17.4. The van der Waals surface area contributed by atoms with E-state index in [4.69, 9.17) is 4.98 Å². The Balaban J connectivity index is 0.000000305. The summed E-state index contributed by atoms with van der Waals surface area (Å²) in [6, 6.07) is 24.0. The minimum absolute atomic E-state index is 0. The Morgan fingerprint density at radius 2 is 1.58 bits per heavy atom. The molecular weight excluding hydrogens is 835 g/mol. The van der Waals surface area contributed by atoms with Gasteiger partial charge in [-0.15, -0.1) is 29.3 Å². The number of aliphatic hydroxyl groups is 1. The molecule has 1 N–H and O–H groups in total. The van der Waals surface area contributed by atoms with Gasteiger partial charge in [0.2, 0.25) is 0 Å². The quantitative estimate of drug-likeness (QED) is 0.0609. The molecule has 3 nitrogen and oxygen atoms in total. The number of hydrogen-bond donors (Lipinski definition) is 1. The third-order valence-electron chi connectivity index (χ3n) is 11.0. The van der Waals surface area contributed by atoms with Crippen LogP contribution in [0.15, 0.2) is 82.4 Å². The molecular formula is C47H58IrNO2S-. The summed E-state index contributed by atoms with van der Waals surface area (Å²) in [7, 11) is 0. The van der Waals surface area contributed by atoms with E-state index in [9.17, 15) is 9.90 Å². The number of pyridine rings is 1. The standard InChI is InChI=1S/C33H32NS.C14H26O2.Ir/c1-20(2)13-14-21-10-8-12-24-25-15-16-34-31-27-17-22-9-6-7-11-23(22)28(19-33(3,4)5)32(27)35-29(30(25)31)18-26(21)24;1-6-11(7-2)12(15)10-13(16)14(5,8-3)9-4;/h6-12,15-16,18,20H,13-14,19H2,1-5H3;10-11,16H,6-9H2,1-5H3;/q-1;;/b;13-10-;. The number of allylic oxidation sites excluding steroid dienone is 2. The van der Waals surface area contributed by atoms with Gasteiger partial charge in [0.1, 0.15) is 5.76 Å². The van der Waals surface area contributed by atoms with Gasteiger partial charge >= 0.3 is 0 Å². The van der Waals surface area contributed by atoms with Crippen molar-refractivity contribution in [2.24, 2.45) is 22.7 Å². The maximum Gasteiger partial charge on any atom is 0.162 e. The Hall–Kier alpha value is -2.98. The van der Waals surface area contributed by atoms with Crippen LogP contribution in [0.5, 0.6) is 0 Å². The van der Waals surface area contributed by atoms with E-state index in [1.165, 1.54) is 71.3 Å². The molecule has 4 aromatic carbocycles. The Kier molecular flexibility index (Phi) is 14.0. The van der Waals surface area contributed by atoms with Gasteiger partial charge in [0.05, 0.1) is 0 Å². The molecule has 0 bridgehead atoms. The number of rotatable bonds is 11. The Morgan fingerprint density at radius 1 is 0.904 bits per heavy atom. The zero-order valence-corrected chi connectivity index (χ0v) is 36.2. The van der Waals surface area contributed by atoms with E-state index in [2.05, 4.69) is 95.3 Å². The van der Waals surface area contributed by atoms with Gasteiger partial charge in [-0.2, -0.15) is 0 Å². The average Bonchev–Trinajstić information content (AvgIpc) is 3.11. The third-order valence-corrected chi connectivity index (χ3v) is 12.2. The summed E-state index contributed by atoms with van der Waals surface area (Å²) in [5.74, 6) is 1.06. The number of hydrogen-bond acceptors (Lipinski definition) is 4. The number of aliphatic hydroxyl groups excluding tert-OH is 1. The van der Waals surface area contributed by atoms with Gasteiger partial charge in [0.15, 0.2) is 5.78 Å². The largest absolute Gasteiger partial charge is 0.512 e. The summed E-state index contributed by atoms with van der Waals surface area (Å²) in [4.78, 5) is 19.5. The van der Waals surface area contributed by atoms with E-state index in [-0.39, 0.29) is 48.4 Å². The Bertz CT molecular complexity index is 2060. The zero-order chi connectivity index (χ0) is 37.1. The summed E-state index contributed by atoms with van der Waals surface area (Å²) < 4.78 is 0. The summed E-state index contributed by atoms with van der Waals surface area (Å²) in [5, 5.41) is 17.9. The van der Waals surface area contributed by atoms with Gasteiger partial charge in [0.25, 0.3) is 0 Å². The SMILES string of the molecule is CC(C)CCc1cccc2c1cc1c3c(nccc32)-c2[c-]c3ccccc3c(CC(C)(C)C)c2S1.CCC(CC)C(=O)/C=C(\O)C(C)(CC)CC.[Ir]. The van der Waals surface area contributed by atoms with Crippen LogP contribution in [0.2, 0.25) is 0 Å². The van der Waals surface area contributed by atoms with Gasteiger partial charge < -0.3 is 5.11 Å². The number of carbonyl (C=O) groups is 1. The fourth-order valence-corrected chi connectivity index (χ4v) is 8.50. The fraction of sp³-hybridized carbons (Fsp3) is 0.447. The smallest absolute Gasteiger partial charge is 0.162 e. The molecule has 0 spiro atoms. The molecule has 0 saturated heterocycles. The summed E-state index contributed by atoms with van der Waals surface area (Å²) >= 11 is 1.93. The molecule has 1 radical (unpaired) electrons. The van der Waals surface area contributed by atoms with Crippen molar-refractivity contribution in [2.45, 2.75) is 124 Å². The molecule has 5 aromatic rings. The van der Waals surface area contributed by atoms with Gasteiger partial charge in [-0.25, -0.2) is 0 Å². The number of benzene rings is 4. The molecule has 279 valence electrons. The van der Waals surface area contributed by atoms with E-state index in [0.29, 0.717) is 5.92 Å². The van der Waals surface area contributed by atoms with E-state index in [0.717, 1.165) is 44.2 Å². The molecule has 1 aliphatic rings. The second-order valence-electron chi connectivity index (χ2n) is 16.3. The monoisotopic (exact) mass is 893 g/mol. The van der Waals surface area contributed by atoms with Gasteiger partial charge in [-0.05, 0) is 100 Å². The summed E-state index contributed by atoms with van der Waals surface area (Å²) in [6.45, 7) is 21.7. The molecule has 2 heterocycles. The molecule has 0 amide bonds. The zero-order valence-electron chi connectivity index (χ0n) is 33.0. The van der Waals surface area contributed by atoms with Crippen LogP contribution >= 0.6 is 11.8 Å². The predicted octanol–water partition coefficient (Wildman–Crippen LogP) is 13.9. The average molecular weight is 893 g/mol. The van der Waals surface area contributed by atoms with E-state index < -0.39 is 0 Å². The van der Waals surface area contributed by atoms with E-state index in [1.807, 2.05) is 52.6 Å². The molecule has 0 atom stereocenters. The van der Waals surface area contributed by atoms with Crippen molar-refractivity contribution in [3.8, 4) is 11.3 Å². The van der Waals surface area contributed by atoms with Gasteiger partial charge in [-0.3, -0.25) is 9.78 Å². The van der Waals surface area contributed by atoms with Crippen molar-refractivity contribution in [2.75, 3.05) is 0 Å². The minimum atomic E-state index is -0.248. The second kappa shape index (κ2) is 17.4. The van der Waals surface area contributed by atoms with Crippen LogP contribution in [-0.4, -0.2) is 15.9 Å². The van der Waals surface area contributed by atoms with Crippen LogP contribution in [0.25, 0.3) is 43.6 Å². The number of carbonyl (C=O) groups excluding carboxylic acids is 1. The van der Waals surface area contributed by atoms with Crippen molar-refractivity contribution in [3.05, 3.63) is 89.8 Å². The fourth-order valence-electron chi connectivity index (χ4n) is 7.23. The minimum Gasteiger partial charge on any atom is -0.512 e. The number of aryl methyl sites for hydroxylation is 1. The molecule has 1 aliphatic heterocycles. The first kappa shape index (κ1) is 41.8. The number of ketones is 1. The van der Waals surface area contributed by atoms with E-state index >= 15 is 0 Å². The molecule has 0 saturated carbocycles. The third kappa shape index (κ3) is 8.86. The molecule has 5 heteroatoms. The number of aromatic nitrogens is 1. The van der Waals surface area contributed by atoms with Crippen molar-refractivity contribution in [1.82, 2.24) is 4.98 Å². The molecule has 6 rings (SSSR count). The first-order chi connectivity index (χ1) is 24.2. The maximum absolute atomic E-state index is 11.9. The van der Waals surface area contributed by atoms with Crippen molar-refractivity contribution < 1.29 is 30.0 Å². The number of fused-ring (bicyclic) bond motifs is 5. The summed E-state index contributed by atoms with van der Waals surface area (Å²) in [5.41, 5.74) is 5.08. The van der Waals surface area contributed by atoms with Crippen molar-refractivity contribution in [3.63, 3.8) is 0 Å². The van der Waals surface area contributed by atoms with Crippen molar-refractivity contribution >= 4 is 49.9 Å². The maximum atomic E-state index is 11.9. The Labute approximate surface area is 330 Å². The van der Waals surface area contributed by atoms with Crippen LogP contribution < -0.4 is 0 Å². The summed E-state index contributed by atoms with van der Waals surface area (Å²) in [6.07, 6.45) is 10.2. The topological polar surface area (TPSA) is 50.2 Å². The Morgan fingerprint density at radius 3 is 2.21 bits per heavy atom. The molecule has 0 aliphatic carbocycles. The van der Waals surface area contributed by atoms with Gasteiger partial charge in [-0.1, -0.05) is 122 Å². The van der Waals surface area contributed by atoms with Crippen molar-refractivity contribution in [1.29, 1.82) is 0 Å². The van der Waals surface area contributed by atoms with Gasteiger partial charge in [0, 0.05) is 54.3 Å². The predicted molar refractivity (Wildman–Crippen MR) is 220 cm³/mol. The van der Waals surface area contributed by atoms with Crippen LogP contribution in [0, 0.1) is 28.7 Å². The first-order valence-corrected chi connectivity index (χ1v) is 20.0. The van der Waals surface area contributed by atoms with E-state index in [1.54, 1.807) is 0 Å². The number of nitrogens with zero attached hydrogens (tertiary/aromatic N) is 1. The van der Waals surface area contributed by atoms with Crippen LogP contribution in [0.1, 0.15) is 112 Å². The molecule has 0 fully saturated rings. The molecule has 1 aromatic heterocycles. The normalized spacial score (nSPS) is 13.0. The molecule has 0 unspecified atom stereocenters. The molecule has 52 heavy (non-hydrogen) atoms. The van der Waals surface area contributed by atoms with Crippen LogP contribution in [-0.2, 0) is 37.7 Å². The van der Waals surface area contributed by atoms with Crippen LogP contribution in [0.4, 0.5) is 0 Å². The van der Waals surface area contributed by atoms with Crippen LogP contribution in [0.3, 0.4) is 0 Å².